The minimum Gasteiger partial charge on any atom is -0.447 e. The number of likely N-dealkylation sites (tertiary alicyclic amines) is 1. The molecule has 0 amide bonds. The predicted molar refractivity (Wildman–Crippen MR) is 76.9 cm³/mol. The summed E-state index contributed by atoms with van der Waals surface area (Å²) in [6.07, 6.45) is 2.19. The largest absolute Gasteiger partial charge is 0.447 e. The summed E-state index contributed by atoms with van der Waals surface area (Å²) >= 11 is 0. The molecule has 1 aromatic heterocycles. The van der Waals surface area contributed by atoms with Crippen LogP contribution in [0.2, 0.25) is 0 Å². The van der Waals surface area contributed by atoms with Gasteiger partial charge in [-0.2, -0.15) is 0 Å². The zero-order valence-corrected chi connectivity index (χ0v) is 12.9. The van der Waals surface area contributed by atoms with Gasteiger partial charge >= 0.3 is 0 Å². The van der Waals surface area contributed by atoms with E-state index >= 15 is 0 Å². The van der Waals surface area contributed by atoms with Gasteiger partial charge < -0.3 is 14.6 Å². The van der Waals surface area contributed by atoms with Gasteiger partial charge in [0.25, 0.3) is 10.0 Å². The molecule has 1 unspecified atom stereocenters. The molecule has 0 bridgehead atoms. The quantitative estimate of drug-likeness (QED) is 0.806. The van der Waals surface area contributed by atoms with Crippen molar-refractivity contribution in [2.75, 3.05) is 33.7 Å². The average Bonchev–Trinajstić information content (AvgIpc) is 2.87. The van der Waals surface area contributed by atoms with E-state index in [1.807, 2.05) is 0 Å². The van der Waals surface area contributed by atoms with Crippen molar-refractivity contribution in [2.24, 2.45) is 5.92 Å². The molecule has 2 heterocycles. The van der Waals surface area contributed by atoms with Crippen LogP contribution < -0.4 is 10.0 Å². The van der Waals surface area contributed by atoms with Crippen LogP contribution in [0, 0.1) is 5.92 Å². The van der Waals surface area contributed by atoms with Crippen molar-refractivity contribution >= 4 is 10.0 Å². The van der Waals surface area contributed by atoms with Crippen molar-refractivity contribution in [2.45, 2.75) is 24.5 Å². The van der Waals surface area contributed by atoms with Gasteiger partial charge in [-0.3, -0.25) is 0 Å². The summed E-state index contributed by atoms with van der Waals surface area (Å²) in [7, 11) is 0.315. The van der Waals surface area contributed by atoms with E-state index < -0.39 is 10.0 Å². The predicted octanol–water partition coefficient (Wildman–Crippen LogP) is 0.619. The zero-order chi connectivity index (χ0) is 14.6. The highest BCUT2D eigenvalue weighted by molar-refractivity contribution is 7.89. The number of nitrogens with one attached hydrogen (secondary N) is 2. The number of furan rings is 1. The second kappa shape index (κ2) is 6.71. The van der Waals surface area contributed by atoms with Gasteiger partial charge in [0.1, 0.15) is 5.76 Å². The number of rotatable bonds is 6. The highest BCUT2D eigenvalue weighted by Crippen LogP contribution is 2.17. The minimum atomic E-state index is -3.54. The Hall–Kier alpha value is -0.890. The first-order chi connectivity index (χ1) is 9.51. The van der Waals surface area contributed by atoms with Crippen LogP contribution in [-0.2, 0) is 16.6 Å². The molecule has 1 aliphatic heterocycles. The summed E-state index contributed by atoms with van der Waals surface area (Å²) in [5, 5.41) is 2.92. The summed E-state index contributed by atoms with van der Waals surface area (Å²) in [5.74, 6) is 0.987. The van der Waals surface area contributed by atoms with Crippen LogP contribution in [0.1, 0.15) is 18.6 Å². The van der Waals surface area contributed by atoms with Crippen LogP contribution in [-0.4, -0.2) is 47.0 Å². The molecule has 1 aromatic rings. The molecular formula is C13H23N3O3S. The third-order valence-electron chi connectivity index (χ3n) is 3.54. The summed E-state index contributed by atoms with van der Waals surface area (Å²) < 4.78 is 32.2. The van der Waals surface area contributed by atoms with Gasteiger partial charge in [-0.15, -0.1) is 0 Å². The van der Waals surface area contributed by atoms with E-state index in [2.05, 4.69) is 22.0 Å². The van der Waals surface area contributed by atoms with Gasteiger partial charge in [-0.05, 0) is 51.5 Å². The highest BCUT2D eigenvalue weighted by Gasteiger charge is 2.22. The standard InChI is InChI=1S/C13H23N3O3S/c1-14-9-12-5-6-13(19-12)20(17,18)15-8-11-4-3-7-16(2)10-11/h5-6,11,14-15H,3-4,7-10H2,1-2H3. The maximum absolute atomic E-state index is 12.1. The number of hydrogen-bond donors (Lipinski definition) is 2. The van der Waals surface area contributed by atoms with Crippen LogP contribution in [0.5, 0.6) is 0 Å². The third kappa shape index (κ3) is 4.05. The van der Waals surface area contributed by atoms with Crippen molar-refractivity contribution in [1.29, 1.82) is 0 Å². The first-order valence-electron chi connectivity index (χ1n) is 6.93. The van der Waals surface area contributed by atoms with Crippen LogP contribution >= 0.6 is 0 Å². The lowest BCUT2D eigenvalue weighted by molar-refractivity contribution is 0.211. The van der Waals surface area contributed by atoms with Crippen LogP contribution in [0.4, 0.5) is 0 Å². The van der Waals surface area contributed by atoms with Crippen molar-refractivity contribution in [1.82, 2.24) is 14.9 Å². The lowest BCUT2D eigenvalue weighted by Crippen LogP contribution is -2.39. The molecule has 6 nitrogen and oxygen atoms in total. The van der Waals surface area contributed by atoms with Gasteiger partial charge in [-0.1, -0.05) is 0 Å². The first-order valence-corrected chi connectivity index (χ1v) is 8.41. The second-order valence-electron chi connectivity index (χ2n) is 5.37. The van der Waals surface area contributed by atoms with Gasteiger partial charge in [-0.25, -0.2) is 13.1 Å². The van der Waals surface area contributed by atoms with Gasteiger partial charge in [0, 0.05) is 13.1 Å². The highest BCUT2D eigenvalue weighted by atomic mass is 32.2. The Labute approximate surface area is 120 Å². The number of piperidine rings is 1. The van der Waals surface area contributed by atoms with Gasteiger partial charge in [0.05, 0.1) is 6.54 Å². The molecular weight excluding hydrogens is 278 g/mol. The summed E-state index contributed by atoms with van der Waals surface area (Å²) in [5.41, 5.74) is 0. The van der Waals surface area contributed by atoms with E-state index in [4.69, 9.17) is 4.42 Å². The molecule has 1 saturated heterocycles. The number of sulfonamides is 1. The lowest BCUT2D eigenvalue weighted by atomic mass is 9.99. The van der Waals surface area contributed by atoms with E-state index in [9.17, 15) is 8.42 Å². The van der Waals surface area contributed by atoms with Crippen LogP contribution in [0.25, 0.3) is 0 Å². The van der Waals surface area contributed by atoms with E-state index in [-0.39, 0.29) is 5.09 Å². The Morgan fingerprint density at radius 2 is 2.25 bits per heavy atom. The van der Waals surface area contributed by atoms with E-state index in [0.717, 1.165) is 25.9 Å². The monoisotopic (exact) mass is 301 g/mol. The SMILES string of the molecule is CNCc1ccc(S(=O)(=O)NCC2CCCN(C)C2)o1. The minimum absolute atomic E-state index is 0.00749. The molecule has 0 aliphatic carbocycles. The normalized spacial score (nSPS) is 21.2. The maximum atomic E-state index is 12.1. The Morgan fingerprint density at radius 3 is 2.95 bits per heavy atom. The van der Waals surface area contributed by atoms with E-state index in [1.54, 1.807) is 13.1 Å². The molecule has 114 valence electrons. The molecule has 0 radical (unpaired) electrons. The molecule has 1 fully saturated rings. The molecule has 1 atom stereocenters. The Morgan fingerprint density at radius 1 is 1.45 bits per heavy atom. The van der Waals surface area contributed by atoms with Crippen molar-refractivity contribution < 1.29 is 12.8 Å². The maximum Gasteiger partial charge on any atom is 0.273 e. The molecule has 2 N–H and O–H groups in total. The topological polar surface area (TPSA) is 74.6 Å². The van der Waals surface area contributed by atoms with Gasteiger partial charge in [0.15, 0.2) is 0 Å². The smallest absolute Gasteiger partial charge is 0.273 e. The third-order valence-corrected chi connectivity index (χ3v) is 4.83. The molecule has 1 aliphatic rings. The van der Waals surface area contributed by atoms with Crippen LogP contribution in [0.3, 0.4) is 0 Å². The summed E-state index contributed by atoms with van der Waals surface area (Å²) in [6.45, 7) is 3.01. The first kappa shape index (κ1) is 15.5. The van der Waals surface area contributed by atoms with Gasteiger partial charge in [0.2, 0.25) is 5.09 Å². The summed E-state index contributed by atoms with van der Waals surface area (Å²) in [4.78, 5) is 2.24. The zero-order valence-electron chi connectivity index (χ0n) is 12.1. The number of nitrogens with zero attached hydrogens (tertiary/aromatic N) is 1. The fraction of sp³-hybridized carbons (Fsp3) is 0.692. The Bertz CT molecular complexity index is 527. The molecule has 2 rings (SSSR count). The second-order valence-corrected chi connectivity index (χ2v) is 7.07. The fourth-order valence-corrected chi connectivity index (χ4v) is 3.57. The van der Waals surface area contributed by atoms with Crippen molar-refractivity contribution in [3.05, 3.63) is 17.9 Å². The molecule has 0 spiro atoms. The molecule has 0 saturated carbocycles. The van der Waals surface area contributed by atoms with E-state index in [1.165, 1.54) is 6.07 Å². The average molecular weight is 301 g/mol. The van der Waals surface area contributed by atoms with Crippen molar-refractivity contribution in [3.63, 3.8) is 0 Å². The molecule has 0 aromatic carbocycles. The fourth-order valence-electron chi connectivity index (χ4n) is 2.51. The van der Waals surface area contributed by atoms with E-state index in [0.29, 0.717) is 24.8 Å². The molecule has 7 heteroatoms. The Kier molecular flexibility index (Phi) is 5.20. The number of hydrogen-bond acceptors (Lipinski definition) is 5. The lowest BCUT2D eigenvalue weighted by Gasteiger charge is -2.29. The Balaban J connectivity index is 1.92. The summed E-state index contributed by atoms with van der Waals surface area (Å²) in [6, 6.07) is 3.18. The molecule has 20 heavy (non-hydrogen) atoms. The van der Waals surface area contributed by atoms with Crippen LogP contribution in [0.15, 0.2) is 21.6 Å². The van der Waals surface area contributed by atoms with Crippen molar-refractivity contribution in [3.8, 4) is 0 Å².